The Morgan fingerprint density at radius 2 is 2.07 bits per heavy atom. The van der Waals surface area contributed by atoms with E-state index in [1.807, 2.05) is 0 Å². The summed E-state index contributed by atoms with van der Waals surface area (Å²) < 4.78 is 35.9. The van der Waals surface area contributed by atoms with Gasteiger partial charge in [-0.25, -0.2) is 9.97 Å². The topological polar surface area (TPSA) is 41.6 Å². The van der Waals surface area contributed by atoms with E-state index in [1.165, 1.54) is 12.4 Å². The van der Waals surface area contributed by atoms with E-state index in [-0.39, 0.29) is 16.7 Å². The second kappa shape index (κ2) is 3.16. The Morgan fingerprint density at radius 3 is 2.79 bits per heavy atom. The van der Waals surface area contributed by atoms with E-state index in [4.69, 9.17) is 0 Å². The van der Waals surface area contributed by atoms with E-state index in [0.29, 0.717) is 11.2 Å². The van der Waals surface area contributed by atoms with E-state index in [9.17, 15) is 13.2 Å². The maximum atomic E-state index is 12.0. The van der Waals surface area contributed by atoms with Crippen molar-refractivity contribution in [3.8, 4) is 0 Å². The van der Waals surface area contributed by atoms with Crippen molar-refractivity contribution in [2.45, 2.75) is 10.4 Å². The monoisotopic (exact) mass is 219 g/mol. The predicted octanol–water partition coefficient (Wildman–Crippen LogP) is 2.57. The smallest absolute Gasteiger partial charge is 0.343 e. The Kier molecular flexibility index (Phi) is 2.10. The van der Waals surface area contributed by atoms with Crippen LogP contribution in [-0.4, -0.2) is 20.5 Å². The minimum absolute atomic E-state index is 0.0502. The quantitative estimate of drug-likeness (QED) is 0.749. The zero-order chi connectivity index (χ0) is 10.2. The third-order valence-electron chi connectivity index (χ3n) is 1.48. The molecule has 0 atom stereocenters. The normalized spacial score (nSPS) is 12.2. The molecule has 2 aromatic rings. The Bertz CT molecular complexity index is 451. The molecule has 0 saturated heterocycles. The van der Waals surface area contributed by atoms with Crippen molar-refractivity contribution in [2.24, 2.45) is 0 Å². The number of aromatic nitrogens is 3. The molecule has 1 N–H and O–H groups in total. The van der Waals surface area contributed by atoms with Crippen LogP contribution in [0.2, 0.25) is 0 Å². The number of hydrogen-bond acceptors (Lipinski definition) is 3. The van der Waals surface area contributed by atoms with Crippen LogP contribution in [0.15, 0.2) is 23.5 Å². The zero-order valence-electron chi connectivity index (χ0n) is 6.67. The molecule has 0 spiro atoms. The molecule has 0 aliphatic rings. The molecule has 0 fully saturated rings. The second-order valence-electron chi connectivity index (χ2n) is 2.49. The number of halogens is 3. The summed E-state index contributed by atoms with van der Waals surface area (Å²) in [6.07, 6.45) is 2.54. The minimum atomic E-state index is -4.28. The highest BCUT2D eigenvalue weighted by Crippen LogP contribution is 2.36. The molecular formula is C7H4F3N3S. The summed E-state index contributed by atoms with van der Waals surface area (Å²) in [7, 11) is 0. The molecule has 74 valence electrons. The fraction of sp³-hybridized carbons (Fsp3) is 0.143. The lowest BCUT2D eigenvalue weighted by molar-refractivity contribution is -0.0328. The van der Waals surface area contributed by atoms with Gasteiger partial charge >= 0.3 is 5.51 Å². The molecular weight excluding hydrogens is 215 g/mol. The van der Waals surface area contributed by atoms with Crippen molar-refractivity contribution < 1.29 is 13.2 Å². The van der Waals surface area contributed by atoms with Crippen LogP contribution in [-0.2, 0) is 0 Å². The number of aromatic amines is 1. The lowest BCUT2D eigenvalue weighted by Crippen LogP contribution is -1.99. The first-order chi connectivity index (χ1) is 6.54. The molecule has 14 heavy (non-hydrogen) atoms. The van der Waals surface area contributed by atoms with Crippen LogP contribution in [0.3, 0.4) is 0 Å². The Hall–Kier alpha value is -1.24. The lowest BCUT2D eigenvalue weighted by atomic mass is 10.4. The number of pyridine rings is 1. The summed E-state index contributed by atoms with van der Waals surface area (Å²) in [6, 6.07) is 1.37. The van der Waals surface area contributed by atoms with Gasteiger partial charge in [0.15, 0.2) is 5.65 Å². The summed E-state index contributed by atoms with van der Waals surface area (Å²) >= 11 is -0.191. The number of hydrogen-bond donors (Lipinski definition) is 1. The molecule has 0 aromatic carbocycles. The van der Waals surface area contributed by atoms with E-state index in [1.54, 1.807) is 0 Å². The van der Waals surface area contributed by atoms with Crippen LogP contribution >= 0.6 is 11.8 Å². The number of rotatable bonds is 1. The highest BCUT2D eigenvalue weighted by atomic mass is 32.2. The number of nitrogens with zero attached hydrogens (tertiary/aromatic N) is 2. The highest BCUT2D eigenvalue weighted by Gasteiger charge is 2.29. The molecule has 7 heteroatoms. The van der Waals surface area contributed by atoms with Gasteiger partial charge in [-0.15, -0.1) is 0 Å². The molecule has 2 rings (SSSR count). The third-order valence-corrected chi connectivity index (χ3v) is 2.17. The number of imidazole rings is 1. The highest BCUT2D eigenvalue weighted by molar-refractivity contribution is 8.00. The lowest BCUT2D eigenvalue weighted by Gasteiger charge is -2.03. The minimum Gasteiger partial charge on any atom is -0.343 e. The summed E-state index contributed by atoms with van der Waals surface area (Å²) in [5.74, 6) is 0. The molecule has 2 heterocycles. The van der Waals surface area contributed by atoms with Crippen molar-refractivity contribution in [2.75, 3.05) is 0 Å². The zero-order valence-corrected chi connectivity index (χ0v) is 7.49. The third kappa shape index (κ3) is 1.98. The van der Waals surface area contributed by atoms with Crippen molar-refractivity contribution in [3.63, 3.8) is 0 Å². The number of nitrogens with one attached hydrogen (secondary N) is 1. The molecule has 0 saturated carbocycles. The van der Waals surface area contributed by atoms with Gasteiger partial charge in [0.2, 0.25) is 0 Å². The predicted molar refractivity (Wildman–Crippen MR) is 45.8 cm³/mol. The van der Waals surface area contributed by atoms with Gasteiger partial charge < -0.3 is 4.98 Å². The molecule has 0 aliphatic carbocycles. The van der Waals surface area contributed by atoms with Crippen molar-refractivity contribution in [1.29, 1.82) is 0 Å². The summed E-state index contributed by atoms with van der Waals surface area (Å²) in [5, 5.41) is 0. The molecule has 0 radical (unpaired) electrons. The number of alkyl halides is 3. The first-order valence-corrected chi connectivity index (χ1v) is 4.41. The van der Waals surface area contributed by atoms with Crippen molar-refractivity contribution >= 4 is 22.9 Å². The van der Waals surface area contributed by atoms with Crippen molar-refractivity contribution in [1.82, 2.24) is 15.0 Å². The molecule has 0 bridgehead atoms. The largest absolute Gasteiger partial charge is 0.446 e. The number of thioether (sulfide) groups is 1. The van der Waals surface area contributed by atoms with E-state index in [2.05, 4.69) is 15.0 Å². The average molecular weight is 219 g/mol. The van der Waals surface area contributed by atoms with Gasteiger partial charge in [0, 0.05) is 11.1 Å². The van der Waals surface area contributed by atoms with E-state index in [0.717, 1.165) is 6.20 Å². The van der Waals surface area contributed by atoms with Gasteiger partial charge in [-0.1, -0.05) is 0 Å². The number of H-pyrrole nitrogens is 1. The van der Waals surface area contributed by atoms with Gasteiger partial charge in [0.1, 0.15) is 0 Å². The standard InChI is InChI=1S/C7H4F3N3S/c8-7(9,10)14-4-1-5-6(11-2-4)13-3-12-5/h1-3H,(H,11,12,13). The van der Waals surface area contributed by atoms with Gasteiger partial charge in [-0.05, 0) is 17.8 Å². The fourth-order valence-electron chi connectivity index (χ4n) is 1.000. The van der Waals surface area contributed by atoms with E-state index < -0.39 is 5.51 Å². The van der Waals surface area contributed by atoms with Gasteiger partial charge in [0.25, 0.3) is 0 Å². The Morgan fingerprint density at radius 1 is 1.29 bits per heavy atom. The molecule has 2 aromatic heterocycles. The summed E-state index contributed by atoms with van der Waals surface area (Å²) in [6.45, 7) is 0. The van der Waals surface area contributed by atoms with Crippen LogP contribution in [0.25, 0.3) is 11.2 Å². The first-order valence-electron chi connectivity index (χ1n) is 3.59. The molecule has 0 unspecified atom stereocenters. The van der Waals surface area contributed by atoms with Gasteiger partial charge in [-0.3, -0.25) is 0 Å². The number of fused-ring (bicyclic) bond motifs is 1. The van der Waals surface area contributed by atoms with Gasteiger partial charge in [-0.2, -0.15) is 13.2 Å². The molecule has 3 nitrogen and oxygen atoms in total. The van der Waals surface area contributed by atoms with Crippen LogP contribution in [0, 0.1) is 0 Å². The summed E-state index contributed by atoms with van der Waals surface area (Å²) in [4.78, 5) is 10.3. The summed E-state index contributed by atoms with van der Waals surface area (Å²) in [5.41, 5.74) is -3.37. The Labute approximate surface area is 80.7 Å². The Balaban J connectivity index is 2.35. The van der Waals surface area contributed by atoms with E-state index >= 15 is 0 Å². The fourth-order valence-corrected chi connectivity index (χ4v) is 1.55. The van der Waals surface area contributed by atoms with Crippen LogP contribution < -0.4 is 0 Å². The van der Waals surface area contributed by atoms with Crippen LogP contribution in [0.5, 0.6) is 0 Å². The second-order valence-corrected chi connectivity index (χ2v) is 3.63. The van der Waals surface area contributed by atoms with Crippen molar-refractivity contribution in [3.05, 3.63) is 18.6 Å². The average Bonchev–Trinajstić information content (AvgIpc) is 2.47. The molecule has 0 aliphatic heterocycles. The van der Waals surface area contributed by atoms with Crippen LogP contribution in [0.4, 0.5) is 13.2 Å². The SMILES string of the molecule is FC(F)(F)Sc1cnc2nc[nH]c2c1. The first kappa shape index (κ1) is 9.32. The van der Waals surface area contributed by atoms with Gasteiger partial charge in [0.05, 0.1) is 11.8 Å². The van der Waals surface area contributed by atoms with Crippen LogP contribution in [0.1, 0.15) is 0 Å². The maximum absolute atomic E-state index is 12.0. The maximum Gasteiger partial charge on any atom is 0.446 e. The molecule has 0 amide bonds.